The van der Waals surface area contributed by atoms with Crippen LogP contribution in [0.25, 0.3) is 10.9 Å². The molecule has 2 aromatic carbocycles. The van der Waals surface area contributed by atoms with Crippen LogP contribution in [0.5, 0.6) is 11.8 Å². The number of aromatic nitrogens is 3. The number of hydrogen-bond acceptors (Lipinski definition) is 6. The fourth-order valence-electron chi connectivity index (χ4n) is 2.52. The highest BCUT2D eigenvalue weighted by Crippen LogP contribution is 2.23. The average Bonchev–Trinajstić information content (AvgIpc) is 2.69. The number of nitrogens with zero attached hydrogens (tertiary/aromatic N) is 3. The summed E-state index contributed by atoms with van der Waals surface area (Å²) in [5.74, 6) is 0.477. The zero-order chi connectivity index (χ0) is 18.6. The Bertz CT molecular complexity index is 1190. The van der Waals surface area contributed by atoms with Crippen LogP contribution in [0.15, 0.2) is 76.8 Å². The van der Waals surface area contributed by atoms with E-state index in [1.54, 1.807) is 30.5 Å². The fraction of sp³-hybridized carbons (Fsp3) is 0. The largest absolute Gasteiger partial charge is 0.426 e. The van der Waals surface area contributed by atoms with Crippen molar-refractivity contribution < 1.29 is 4.74 Å². The molecule has 2 heterocycles. The van der Waals surface area contributed by atoms with Gasteiger partial charge >= 0.3 is 6.01 Å². The lowest BCUT2D eigenvalue weighted by atomic mass is 10.2. The van der Waals surface area contributed by atoms with Crippen molar-refractivity contribution in [2.45, 2.75) is 0 Å². The molecular weight excluding hydrogens is 342 g/mol. The summed E-state index contributed by atoms with van der Waals surface area (Å²) in [5.41, 5.74) is 8.25. The number of rotatable bonds is 4. The summed E-state index contributed by atoms with van der Waals surface area (Å²) in [6.45, 7) is 0. The van der Waals surface area contributed by atoms with Crippen molar-refractivity contribution in [3.63, 3.8) is 0 Å². The third-order valence-corrected chi connectivity index (χ3v) is 3.87. The third kappa shape index (κ3) is 3.67. The number of nitrogens with two attached hydrogens (primary N) is 1. The molecule has 0 aliphatic rings. The summed E-state index contributed by atoms with van der Waals surface area (Å²) < 4.78 is 5.70. The molecular formula is C20H15N5O2. The van der Waals surface area contributed by atoms with E-state index >= 15 is 0 Å². The minimum Gasteiger partial charge on any atom is -0.426 e. The number of para-hydroxylation sites is 1. The number of aromatic amines is 1. The van der Waals surface area contributed by atoms with Gasteiger partial charge in [-0.25, -0.2) is 0 Å². The van der Waals surface area contributed by atoms with Gasteiger partial charge in [0.1, 0.15) is 5.75 Å². The van der Waals surface area contributed by atoms with Gasteiger partial charge < -0.3 is 10.5 Å². The second-order valence-corrected chi connectivity index (χ2v) is 5.75. The van der Waals surface area contributed by atoms with Crippen LogP contribution in [-0.2, 0) is 0 Å². The number of anilines is 1. The molecule has 0 saturated carbocycles. The number of fused-ring (bicyclic) bond motifs is 1. The highest BCUT2D eigenvalue weighted by atomic mass is 16.5. The molecule has 3 N–H and O–H groups in total. The van der Waals surface area contributed by atoms with E-state index in [4.69, 9.17) is 10.5 Å². The number of ether oxygens (including phenoxy) is 1. The smallest absolute Gasteiger partial charge is 0.302 e. The topological polar surface area (TPSA) is 106 Å². The van der Waals surface area contributed by atoms with Crippen LogP contribution in [0.4, 0.5) is 11.4 Å². The molecule has 0 saturated heterocycles. The van der Waals surface area contributed by atoms with Crippen LogP contribution in [0.1, 0.15) is 5.56 Å². The lowest BCUT2D eigenvalue weighted by molar-refractivity contribution is 0.443. The van der Waals surface area contributed by atoms with Gasteiger partial charge in [-0.2, -0.15) is 4.98 Å². The van der Waals surface area contributed by atoms with E-state index in [-0.39, 0.29) is 11.6 Å². The quantitative estimate of drug-likeness (QED) is 0.430. The number of benzene rings is 2. The fourth-order valence-corrected chi connectivity index (χ4v) is 2.52. The Balaban J connectivity index is 1.63. The SMILES string of the molecule is Nc1ccc(Oc2nc3cnccc3c(=O)[nH]2)cc1C=Nc1ccccc1. The summed E-state index contributed by atoms with van der Waals surface area (Å²) >= 11 is 0. The van der Waals surface area contributed by atoms with E-state index in [0.29, 0.717) is 27.9 Å². The lowest BCUT2D eigenvalue weighted by Crippen LogP contribution is -2.09. The first kappa shape index (κ1) is 16.5. The zero-order valence-electron chi connectivity index (χ0n) is 14.2. The monoisotopic (exact) mass is 357 g/mol. The first-order valence-electron chi connectivity index (χ1n) is 8.19. The van der Waals surface area contributed by atoms with Gasteiger partial charge in [0, 0.05) is 23.7 Å². The molecule has 7 nitrogen and oxygen atoms in total. The maximum Gasteiger partial charge on any atom is 0.302 e. The van der Waals surface area contributed by atoms with E-state index in [0.717, 1.165) is 5.69 Å². The minimum atomic E-state index is -0.293. The van der Waals surface area contributed by atoms with Crippen molar-refractivity contribution in [2.24, 2.45) is 4.99 Å². The summed E-state index contributed by atoms with van der Waals surface area (Å²) in [5, 5.41) is 0.449. The number of nitrogens with one attached hydrogen (secondary N) is 1. The number of nitrogen functional groups attached to an aromatic ring is 1. The van der Waals surface area contributed by atoms with Crippen molar-refractivity contribution in [2.75, 3.05) is 5.73 Å². The van der Waals surface area contributed by atoms with Gasteiger partial charge in [0.25, 0.3) is 5.56 Å². The first-order chi connectivity index (χ1) is 13.2. The van der Waals surface area contributed by atoms with Crippen LogP contribution < -0.4 is 16.0 Å². The van der Waals surface area contributed by atoms with Crippen LogP contribution in [-0.4, -0.2) is 21.2 Å². The molecule has 4 rings (SSSR count). The van der Waals surface area contributed by atoms with Crippen LogP contribution >= 0.6 is 0 Å². The summed E-state index contributed by atoms with van der Waals surface area (Å²) in [4.78, 5) is 27.4. The summed E-state index contributed by atoms with van der Waals surface area (Å²) in [7, 11) is 0. The van der Waals surface area contributed by atoms with E-state index in [9.17, 15) is 4.79 Å². The van der Waals surface area contributed by atoms with Gasteiger partial charge in [-0.1, -0.05) is 18.2 Å². The number of hydrogen-bond donors (Lipinski definition) is 2. The molecule has 0 radical (unpaired) electrons. The number of pyridine rings is 1. The third-order valence-electron chi connectivity index (χ3n) is 3.87. The Kier molecular flexibility index (Phi) is 4.32. The molecule has 0 aliphatic carbocycles. The van der Waals surface area contributed by atoms with Gasteiger partial charge in [-0.05, 0) is 36.4 Å². The number of H-pyrrole nitrogens is 1. The van der Waals surface area contributed by atoms with Crippen LogP contribution in [0.2, 0.25) is 0 Å². The van der Waals surface area contributed by atoms with Crippen molar-refractivity contribution in [1.82, 2.24) is 15.0 Å². The highest BCUT2D eigenvalue weighted by molar-refractivity contribution is 5.89. The molecule has 0 atom stereocenters. The molecule has 0 amide bonds. The summed E-state index contributed by atoms with van der Waals surface area (Å²) in [6.07, 6.45) is 4.72. The van der Waals surface area contributed by atoms with Crippen molar-refractivity contribution in [3.05, 3.63) is 82.9 Å². The van der Waals surface area contributed by atoms with Crippen LogP contribution in [0, 0.1) is 0 Å². The van der Waals surface area contributed by atoms with E-state index in [1.807, 2.05) is 30.3 Å². The predicted molar refractivity (Wildman–Crippen MR) is 105 cm³/mol. The Labute approximate surface area is 154 Å². The van der Waals surface area contributed by atoms with Gasteiger partial charge in [-0.3, -0.25) is 19.8 Å². The van der Waals surface area contributed by atoms with Crippen molar-refractivity contribution >= 4 is 28.5 Å². The van der Waals surface area contributed by atoms with Crippen LogP contribution in [0.3, 0.4) is 0 Å². The Hall–Kier alpha value is -4.00. The van der Waals surface area contributed by atoms with E-state index < -0.39 is 0 Å². The Morgan fingerprint density at radius 1 is 1.11 bits per heavy atom. The second-order valence-electron chi connectivity index (χ2n) is 5.75. The minimum absolute atomic E-state index is 0.0798. The normalized spacial score (nSPS) is 11.1. The molecule has 7 heteroatoms. The molecule has 0 aliphatic heterocycles. The average molecular weight is 357 g/mol. The maximum absolute atomic E-state index is 12.1. The molecule has 0 unspecified atom stereocenters. The lowest BCUT2D eigenvalue weighted by Gasteiger charge is -2.07. The summed E-state index contributed by atoms with van der Waals surface area (Å²) in [6, 6.07) is 16.4. The van der Waals surface area contributed by atoms with E-state index in [1.165, 1.54) is 12.4 Å². The zero-order valence-corrected chi connectivity index (χ0v) is 14.2. The molecule has 0 bridgehead atoms. The maximum atomic E-state index is 12.1. The van der Waals surface area contributed by atoms with Gasteiger partial charge in [0.05, 0.1) is 22.8 Å². The van der Waals surface area contributed by atoms with Crippen molar-refractivity contribution in [3.8, 4) is 11.8 Å². The van der Waals surface area contributed by atoms with Crippen molar-refractivity contribution in [1.29, 1.82) is 0 Å². The molecule has 27 heavy (non-hydrogen) atoms. The molecule has 0 spiro atoms. The van der Waals surface area contributed by atoms with Gasteiger partial charge in [0.15, 0.2) is 0 Å². The Morgan fingerprint density at radius 2 is 1.96 bits per heavy atom. The standard InChI is InChI=1S/C20H15N5O2/c21-17-7-6-15(10-13(17)11-23-14-4-2-1-3-5-14)27-20-24-18-12-22-9-8-16(18)19(26)25-20/h1-12H,21H2,(H,24,25,26). The molecule has 132 valence electrons. The first-order valence-corrected chi connectivity index (χ1v) is 8.19. The Morgan fingerprint density at radius 3 is 2.81 bits per heavy atom. The predicted octanol–water partition coefficient (Wildman–Crippen LogP) is 3.44. The van der Waals surface area contributed by atoms with Gasteiger partial charge in [-0.15, -0.1) is 0 Å². The number of aliphatic imine (C=N–C) groups is 1. The molecule has 2 aromatic heterocycles. The van der Waals surface area contributed by atoms with E-state index in [2.05, 4.69) is 19.9 Å². The second kappa shape index (κ2) is 7.09. The molecule has 4 aromatic rings. The molecule has 0 fully saturated rings. The van der Waals surface area contributed by atoms with Gasteiger partial charge in [0.2, 0.25) is 0 Å². The highest BCUT2D eigenvalue weighted by Gasteiger charge is 2.07.